The van der Waals surface area contributed by atoms with Gasteiger partial charge < -0.3 is 15.1 Å². The summed E-state index contributed by atoms with van der Waals surface area (Å²) in [6.07, 6.45) is 0.929. The first-order valence-electron chi connectivity index (χ1n) is 10.3. The zero-order chi connectivity index (χ0) is 19.3. The van der Waals surface area contributed by atoms with Gasteiger partial charge in [-0.2, -0.15) is 0 Å². The first-order chi connectivity index (χ1) is 13.7. The van der Waals surface area contributed by atoms with E-state index >= 15 is 0 Å². The molecule has 2 aliphatic heterocycles. The quantitative estimate of drug-likeness (QED) is 0.868. The van der Waals surface area contributed by atoms with Crippen molar-refractivity contribution in [2.24, 2.45) is 5.92 Å². The third kappa shape index (κ3) is 4.72. The molecule has 2 fully saturated rings. The number of likely N-dealkylation sites (tertiary alicyclic amines) is 1. The Hall–Kier alpha value is -2.37. The van der Waals surface area contributed by atoms with Crippen molar-refractivity contribution in [2.75, 3.05) is 56.5 Å². The van der Waals surface area contributed by atoms with E-state index in [1.807, 2.05) is 18.2 Å². The molecule has 1 amide bonds. The Bertz CT molecular complexity index is 769. The molecule has 5 heteroatoms. The van der Waals surface area contributed by atoms with E-state index in [1.54, 1.807) is 0 Å². The normalized spacial score (nSPS) is 21.0. The topological polar surface area (TPSA) is 38.8 Å². The van der Waals surface area contributed by atoms with Crippen molar-refractivity contribution in [3.63, 3.8) is 0 Å². The highest BCUT2D eigenvalue weighted by Crippen LogP contribution is 2.23. The molecule has 0 radical (unpaired) electrons. The smallest absolute Gasteiger partial charge is 0.228 e. The number of benzene rings is 2. The van der Waals surface area contributed by atoms with Crippen molar-refractivity contribution in [3.05, 3.63) is 60.2 Å². The lowest BCUT2D eigenvalue weighted by atomic mass is 10.1. The molecule has 2 aliphatic rings. The first kappa shape index (κ1) is 19.0. The summed E-state index contributed by atoms with van der Waals surface area (Å²) in [5.41, 5.74) is 3.44. The van der Waals surface area contributed by atoms with Crippen molar-refractivity contribution < 1.29 is 4.79 Å². The van der Waals surface area contributed by atoms with E-state index in [2.05, 4.69) is 63.5 Å². The summed E-state index contributed by atoms with van der Waals surface area (Å²) in [7, 11) is 2.17. The Morgan fingerprint density at radius 3 is 2.39 bits per heavy atom. The number of rotatable bonds is 5. The zero-order valence-corrected chi connectivity index (χ0v) is 16.7. The molecule has 1 N–H and O–H groups in total. The fourth-order valence-electron chi connectivity index (χ4n) is 4.10. The van der Waals surface area contributed by atoms with Gasteiger partial charge >= 0.3 is 0 Å². The van der Waals surface area contributed by atoms with Gasteiger partial charge in [0.2, 0.25) is 5.91 Å². The van der Waals surface area contributed by atoms with Gasteiger partial charge in [-0.25, -0.2) is 0 Å². The number of carbonyl (C=O) groups excluding carboxylic acids is 1. The molecule has 28 heavy (non-hydrogen) atoms. The van der Waals surface area contributed by atoms with Gasteiger partial charge in [-0.15, -0.1) is 0 Å². The Morgan fingerprint density at radius 2 is 1.68 bits per heavy atom. The van der Waals surface area contributed by atoms with E-state index in [0.29, 0.717) is 0 Å². The van der Waals surface area contributed by atoms with Crippen LogP contribution in [0, 0.1) is 5.92 Å². The molecule has 0 aliphatic carbocycles. The first-order valence-corrected chi connectivity index (χ1v) is 10.3. The lowest BCUT2D eigenvalue weighted by Crippen LogP contribution is -2.44. The standard InChI is InChI=1S/C23H30N4O/c1-25-13-15-27(16-14-25)22-9-7-21(8-10-22)24-23(28)20-11-12-26(18-20)17-19-5-3-2-4-6-19/h2-10,20H,11-18H2,1H3,(H,24,28). The van der Waals surface area contributed by atoms with Gasteiger partial charge in [-0.05, 0) is 49.8 Å². The largest absolute Gasteiger partial charge is 0.369 e. The number of piperazine rings is 1. The molecule has 0 aromatic heterocycles. The molecule has 1 unspecified atom stereocenters. The minimum atomic E-state index is 0.0704. The molecular formula is C23H30N4O. The molecule has 2 heterocycles. The maximum absolute atomic E-state index is 12.7. The van der Waals surface area contributed by atoms with Gasteiger partial charge in [0.1, 0.15) is 0 Å². The number of anilines is 2. The molecular weight excluding hydrogens is 348 g/mol. The van der Waals surface area contributed by atoms with E-state index in [-0.39, 0.29) is 11.8 Å². The minimum absolute atomic E-state index is 0.0704. The molecule has 5 nitrogen and oxygen atoms in total. The zero-order valence-electron chi connectivity index (χ0n) is 16.7. The number of nitrogens with zero attached hydrogens (tertiary/aromatic N) is 3. The Morgan fingerprint density at radius 1 is 0.964 bits per heavy atom. The highest BCUT2D eigenvalue weighted by Gasteiger charge is 2.28. The summed E-state index contributed by atoms with van der Waals surface area (Å²) in [5, 5.41) is 3.11. The van der Waals surface area contributed by atoms with Crippen LogP contribution in [0.1, 0.15) is 12.0 Å². The van der Waals surface area contributed by atoms with E-state index in [1.165, 1.54) is 11.3 Å². The van der Waals surface area contributed by atoms with Crippen LogP contribution in [0.25, 0.3) is 0 Å². The number of amides is 1. The average molecular weight is 379 g/mol. The van der Waals surface area contributed by atoms with Crippen LogP contribution in [0.5, 0.6) is 0 Å². The van der Waals surface area contributed by atoms with Crippen LogP contribution in [-0.2, 0) is 11.3 Å². The average Bonchev–Trinajstić information content (AvgIpc) is 3.19. The van der Waals surface area contributed by atoms with Gasteiger partial charge in [0, 0.05) is 50.6 Å². The number of carbonyl (C=O) groups is 1. The van der Waals surface area contributed by atoms with E-state index in [0.717, 1.165) is 57.9 Å². The van der Waals surface area contributed by atoms with Gasteiger partial charge in [0.25, 0.3) is 0 Å². The SMILES string of the molecule is CN1CCN(c2ccc(NC(=O)C3CCN(Cc4ccccc4)C3)cc2)CC1. The van der Waals surface area contributed by atoms with E-state index < -0.39 is 0 Å². The van der Waals surface area contributed by atoms with Gasteiger partial charge in [0.15, 0.2) is 0 Å². The van der Waals surface area contributed by atoms with Crippen LogP contribution in [0.4, 0.5) is 11.4 Å². The molecule has 4 rings (SSSR count). The lowest BCUT2D eigenvalue weighted by Gasteiger charge is -2.34. The summed E-state index contributed by atoms with van der Waals surface area (Å²) in [6, 6.07) is 18.8. The van der Waals surface area contributed by atoms with Crippen LogP contribution in [0.2, 0.25) is 0 Å². The number of nitrogens with one attached hydrogen (secondary N) is 1. The third-order valence-electron chi connectivity index (χ3n) is 5.90. The van der Waals surface area contributed by atoms with E-state index in [9.17, 15) is 4.79 Å². The Labute approximate surface area is 167 Å². The summed E-state index contributed by atoms with van der Waals surface area (Å²) in [6.45, 7) is 7.04. The van der Waals surface area contributed by atoms with Gasteiger partial charge in [-0.1, -0.05) is 30.3 Å². The minimum Gasteiger partial charge on any atom is -0.369 e. The summed E-state index contributed by atoms with van der Waals surface area (Å²) in [4.78, 5) is 19.8. The fraction of sp³-hybridized carbons (Fsp3) is 0.435. The molecule has 148 valence electrons. The van der Waals surface area contributed by atoms with Gasteiger partial charge in [-0.3, -0.25) is 9.69 Å². The monoisotopic (exact) mass is 378 g/mol. The molecule has 2 aromatic carbocycles. The van der Waals surface area contributed by atoms with Crippen molar-refractivity contribution >= 4 is 17.3 Å². The predicted octanol–water partition coefficient (Wildman–Crippen LogP) is 2.90. The number of hydrogen-bond acceptors (Lipinski definition) is 4. The highest BCUT2D eigenvalue weighted by atomic mass is 16.1. The lowest BCUT2D eigenvalue weighted by molar-refractivity contribution is -0.119. The molecule has 0 bridgehead atoms. The van der Waals surface area contributed by atoms with Crippen molar-refractivity contribution in [1.82, 2.24) is 9.80 Å². The second-order valence-corrected chi connectivity index (χ2v) is 8.03. The van der Waals surface area contributed by atoms with Crippen LogP contribution in [0.15, 0.2) is 54.6 Å². The molecule has 1 atom stereocenters. The summed E-state index contributed by atoms with van der Waals surface area (Å²) >= 11 is 0. The number of likely N-dealkylation sites (N-methyl/N-ethyl adjacent to an activating group) is 1. The van der Waals surface area contributed by atoms with Crippen LogP contribution < -0.4 is 10.2 Å². The third-order valence-corrected chi connectivity index (χ3v) is 5.90. The van der Waals surface area contributed by atoms with E-state index in [4.69, 9.17) is 0 Å². The van der Waals surface area contributed by atoms with Crippen molar-refractivity contribution in [3.8, 4) is 0 Å². The predicted molar refractivity (Wildman–Crippen MR) is 115 cm³/mol. The second-order valence-electron chi connectivity index (χ2n) is 8.03. The van der Waals surface area contributed by atoms with Crippen LogP contribution in [-0.4, -0.2) is 62.0 Å². The molecule has 0 spiro atoms. The molecule has 0 saturated carbocycles. The van der Waals surface area contributed by atoms with Gasteiger partial charge in [0.05, 0.1) is 5.92 Å². The highest BCUT2D eigenvalue weighted by molar-refractivity contribution is 5.93. The Balaban J connectivity index is 1.28. The number of hydrogen-bond donors (Lipinski definition) is 1. The fourth-order valence-corrected chi connectivity index (χ4v) is 4.10. The molecule has 2 saturated heterocycles. The maximum atomic E-state index is 12.7. The second kappa shape index (κ2) is 8.76. The van der Waals surface area contributed by atoms with Crippen molar-refractivity contribution in [2.45, 2.75) is 13.0 Å². The molecule has 2 aromatic rings. The van der Waals surface area contributed by atoms with Crippen LogP contribution >= 0.6 is 0 Å². The Kier molecular flexibility index (Phi) is 5.93. The maximum Gasteiger partial charge on any atom is 0.228 e. The summed E-state index contributed by atoms with van der Waals surface area (Å²) < 4.78 is 0. The van der Waals surface area contributed by atoms with Crippen LogP contribution in [0.3, 0.4) is 0 Å². The summed E-state index contributed by atoms with van der Waals surface area (Å²) in [5.74, 6) is 0.212. The van der Waals surface area contributed by atoms with Crippen molar-refractivity contribution in [1.29, 1.82) is 0 Å².